The summed E-state index contributed by atoms with van der Waals surface area (Å²) in [6, 6.07) is 7.44. The van der Waals surface area contributed by atoms with Crippen molar-refractivity contribution >= 4 is 36.4 Å². The van der Waals surface area contributed by atoms with Crippen molar-refractivity contribution in [3.63, 3.8) is 0 Å². The maximum Gasteiger partial charge on any atom is 0.228 e. The van der Waals surface area contributed by atoms with Crippen LogP contribution in [0.25, 0.3) is 0 Å². The molecule has 1 aliphatic rings. The lowest BCUT2D eigenvalue weighted by Crippen LogP contribution is -2.37. The molecule has 1 atom stereocenters. The van der Waals surface area contributed by atoms with Gasteiger partial charge in [-0.3, -0.25) is 4.79 Å². The quantitative estimate of drug-likeness (QED) is 0.828. The van der Waals surface area contributed by atoms with Crippen LogP contribution >= 0.6 is 24.8 Å². The van der Waals surface area contributed by atoms with Gasteiger partial charge in [0.2, 0.25) is 5.91 Å². The Hall–Kier alpha value is -1.76. The van der Waals surface area contributed by atoms with E-state index in [0.29, 0.717) is 6.61 Å². The average molecular weight is 387 g/mol. The van der Waals surface area contributed by atoms with Crippen LogP contribution in [0.15, 0.2) is 36.7 Å². The van der Waals surface area contributed by atoms with Gasteiger partial charge in [-0.05, 0) is 43.7 Å². The third-order valence-corrected chi connectivity index (χ3v) is 4.08. The van der Waals surface area contributed by atoms with Gasteiger partial charge in [0.1, 0.15) is 18.2 Å². The number of hydrogen-bond acceptors (Lipinski definition) is 4. The molecule has 2 heterocycles. The van der Waals surface area contributed by atoms with Crippen molar-refractivity contribution in [3.8, 4) is 5.75 Å². The minimum atomic E-state index is 0. The molecule has 1 unspecified atom stereocenters. The van der Waals surface area contributed by atoms with E-state index in [9.17, 15) is 4.79 Å². The Morgan fingerprint density at radius 2 is 2.12 bits per heavy atom. The summed E-state index contributed by atoms with van der Waals surface area (Å²) in [5, 5.41) is 6.22. The predicted octanol–water partition coefficient (Wildman–Crippen LogP) is 2.78. The summed E-state index contributed by atoms with van der Waals surface area (Å²) in [5.74, 6) is 1.76. The second-order valence-electron chi connectivity index (χ2n) is 5.80. The van der Waals surface area contributed by atoms with Gasteiger partial charge in [0, 0.05) is 31.7 Å². The first kappa shape index (κ1) is 21.3. The second-order valence-corrected chi connectivity index (χ2v) is 5.80. The van der Waals surface area contributed by atoms with Gasteiger partial charge in [0.05, 0.1) is 5.92 Å². The van der Waals surface area contributed by atoms with E-state index in [1.807, 2.05) is 42.1 Å². The zero-order valence-electron chi connectivity index (χ0n) is 14.1. The number of hydrogen-bond donors (Lipinski definition) is 2. The van der Waals surface area contributed by atoms with Crippen LogP contribution in [0.4, 0.5) is 5.69 Å². The van der Waals surface area contributed by atoms with Gasteiger partial charge in [-0.2, -0.15) is 0 Å². The highest BCUT2D eigenvalue weighted by molar-refractivity contribution is 5.92. The van der Waals surface area contributed by atoms with Gasteiger partial charge in [-0.1, -0.05) is 0 Å². The van der Waals surface area contributed by atoms with Crippen molar-refractivity contribution in [1.82, 2.24) is 14.9 Å². The van der Waals surface area contributed by atoms with Crippen molar-refractivity contribution < 1.29 is 9.53 Å². The highest BCUT2D eigenvalue weighted by atomic mass is 35.5. The van der Waals surface area contributed by atoms with E-state index >= 15 is 0 Å². The second kappa shape index (κ2) is 10.3. The molecule has 0 saturated carbocycles. The first-order chi connectivity index (χ1) is 11.2. The molecule has 1 aromatic carbocycles. The third-order valence-electron chi connectivity index (χ3n) is 4.08. The summed E-state index contributed by atoms with van der Waals surface area (Å²) in [7, 11) is 1.93. The Labute approximate surface area is 160 Å². The van der Waals surface area contributed by atoms with E-state index in [0.717, 1.165) is 43.2 Å². The van der Waals surface area contributed by atoms with E-state index in [-0.39, 0.29) is 36.6 Å². The standard InChI is InChI=1S/C17H22N4O2.2ClH/c1-21-10-9-19-16(21)12-23-15-6-4-14(5-7-15)20-17(22)13-3-2-8-18-11-13;;/h4-7,9-10,13,18H,2-3,8,11-12H2,1H3,(H,20,22);2*1H. The zero-order chi connectivity index (χ0) is 16.1. The zero-order valence-corrected chi connectivity index (χ0v) is 15.7. The number of ether oxygens (including phenoxy) is 1. The number of carbonyl (C=O) groups excluding carboxylic acids is 1. The molecule has 25 heavy (non-hydrogen) atoms. The average Bonchev–Trinajstić information content (AvgIpc) is 3.00. The summed E-state index contributed by atoms with van der Waals surface area (Å²) < 4.78 is 7.62. The molecule has 2 N–H and O–H groups in total. The first-order valence-electron chi connectivity index (χ1n) is 7.93. The third kappa shape index (κ3) is 5.92. The number of nitrogens with zero attached hydrogens (tertiary/aromatic N) is 2. The molecular formula is C17H24Cl2N4O2. The molecule has 1 aliphatic heterocycles. The molecule has 0 bridgehead atoms. The normalized spacial score (nSPS) is 16.3. The molecule has 1 saturated heterocycles. The maximum absolute atomic E-state index is 12.2. The number of aromatic nitrogens is 2. The van der Waals surface area contributed by atoms with E-state index in [2.05, 4.69) is 15.6 Å². The molecule has 1 aromatic heterocycles. The van der Waals surface area contributed by atoms with Crippen LogP contribution in [-0.2, 0) is 18.4 Å². The fourth-order valence-corrected chi connectivity index (χ4v) is 2.64. The minimum absolute atomic E-state index is 0. The first-order valence-corrected chi connectivity index (χ1v) is 7.93. The molecular weight excluding hydrogens is 363 g/mol. The Morgan fingerprint density at radius 1 is 1.36 bits per heavy atom. The van der Waals surface area contributed by atoms with E-state index in [4.69, 9.17) is 4.74 Å². The van der Waals surface area contributed by atoms with Crippen LogP contribution in [0, 0.1) is 5.92 Å². The van der Waals surface area contributed by atoms with Crippen molar-refractivity contribution in [3.05, 3.63) is 42.5 Å². The number of nitrogens with one attached hydrogen (secondary N) is 2. The molecule has 3 rings (SSSR count). The number of anilines is 1. The smallest absolute Gasteiger partial charge is 0.228 e. The Morgan fingerprint density at radius 3 is 2.72 bits per heavy atom. The van der Waals surface area contributed by atoms with Gasteiger partial charge in [-0.15, -0.1) is 24.8 Å². The molecule has 1 fully saturated rings. The Kier molecular flexibility index (Phi) is 8.75. The van der Waals surface area contributed by atoms with Crippen LogP contribution in [0.5, 0.6) is 5.75 Å². The van der Waals surface area contributed by atoms with Crippen molar-refractivity contribution in [2.45, 2.75) is 19.4 Å². The molecule has 6 nitrogen and oxygen atoms in total. The number of amides is 1. The SMILES string of the molecule is Cl.Cl.Cn1ccnc1COc1ccc(NC(=O)C2CCCNC2)cc1. The molecule has 0 aliphatic carbocycles. The van der Waals surface area contributed by atoms with Gasteiger partial charge < -0.3 is 19.9 Å². The van der Waals surface area contributed by atoms with Gasteiger partial charge >= 0.3 is 0 Å². The lowest BCUT2D eigenvalue weighted by Gasteiger charge is -2.21. The number of halogens is 2. The van der Waals surface area contributed by atoms with Gasteiger partial charge in [-0.25, -0.2) is 4.98 Å². The maximum atomic E-state index is 12.2. The van der Waals surface area contributed by atoms with Crippen LogP contribution in [0.2, 0.25) is 0 Å². The number of imidazole rings is 1. The fourth-order valence-electron chi connectivity index (χ4n) is 2.64. The fraction of sp³-hybridized carbons (Fsp3) is 0.412. The molecule has 138 valence electrons. The molecule has 0 spiro atoms. The lowest BCUT2D eigenvalue weighted by molar-refractivity contribution is -0.120. The van der Waals surface area contributed by atoms with Crippen molar-refractivity contribution in [1.29, 1.82) is 0 Å². The van der Waals surface area contributed by atoms with Crippen LogP contribution in [0.1, 0.15) is 18.7 Å². The van der Waals surface area contributed by atoms with Crippen LogP contribution in [0.3, 0.4) is 0 Å². The summed E-state index contributed by atoms with van der Waals surface area (Å²) in [5.41, 5.74) is 0.796. The van der Waals surface area contributed by atoms with E-state index in [1.54, 1.807) is 6.20 Å². The Bertz CT molecular complexity index is 655. The monoisotopic (exact) mass is 386 g/mol. The predicted molar refractivity (Wildman–Crippen MR) is 103 cm³/mol. The molecule has 0 radical (unpaired) electrons. The number of aryl methyl sites for hydroxylation is 1. The van der Waals surface area contributed by atoms with E-state index < -0.39 is 0 Å². The number of benzene rings is 1. The summed E-state index contributed by atoms with van der Waals surface area (Å²) in [4.78, 5) is 16.4. The van der Waals surface area contributed by atoms with Crippen molar-refractivity contribution in [2.24, 2.45) is 13.0 Å². The highest BCUT2D eigenvalue weighted by Crippen LogP contribution is 2.18. The number of carbonyl (C=O) groups is 1. The summed E-state index contributed by atoms with van der Waals surface area (Å²) in [6.45, 7) is 2.19. The van der Waals surface area contributed by atoms with Crippen molar-refractivity contribution in [2.75, 3.05) is 18.4 Å². The van der Waals surface area contributed by atoms with E-state index in [1.165, 1.54) is 0 Å². The summed E-state index contributed by atoms with van der Waals surface area (Å²) >= 11 is 0. The molecule has 8 heteroatoms. The largest absolute Gasteiger partial charge is 0.486 e. The van der Waals surface area contributed by atoms with Gasteiger partial charge in [0.15, 0.2) is 0 Å². The highest BCUT2D eigenvalue weighted by Gasteiger charge is 2.20. The molecule has 1 amide bonds. The van der Waals surface area contributed by atoms with Crippen LogP contribution in [-0.4, -0.2) is 28.5 Å². The minimum Gasteiger partial charge on any atom is -0.486 e. The topological polar surface area (TPSA) is 68.2 Å². The van der Waals surface area contributed by atoms with Gasteiger partial charge in [0.25, 0.3) is 0 Å². The Balaban J connectivity index is 0.00000156. The summed E-state index contributed by atoms with van der Waals surface area (Å²) in [6.07, 6.45) is 5.64. The van der Waals surface area contributed by atoms with Crippen LogP contribution < -0.4 is 15.4 Å². The number of rotatable bonds is 5. The molecule has 2 aromatic rings. The number of piperidine rings is 1. The lowest BCUT2D eigenvalue weighted by atomic mass is 9.99.